The fraction of sp³-hybridized carbons (Fsp3) is 0.294. The molecule has 0 heterocycles. The molecule has 0 bridgehead atoms. The standard InChI is InChI=1S/C17H20ClNO2/c1-3-9-21-15-6-4-5-14(11-15)19-12-13-7-8-17(20-2)16(18)10-13/h4-8,10-11,19H,3,9,12H2,1-2H3. The maximum absolute atomic E-state index is 6.12. The summed E-state index contributed by atoms with van der Waals surface area (Å²) in [5.74, 6) is 1.57. The number of benzene rings is 2. The van der Waals surface area contributed by atoms with Crippen molar-refractivity contribution < 1.29 is 9.47 Å². The number of nitrogens with one attached hydrogen (secondary N) is 1. The monoisotopic (exact) mass is 305 g/mol. The van der Waals surface area contributed by atoms with E-state index in [2.05, 4.69) is 12.2 Å². The third-order valence-electron chi connectivity index (χ3n) is 3.02. The Labute approximate surface area is 130 Å². The molecule has 1 N–H and O–H groups in total. The average molecular weight is 306 g/mol. The summed E-state index contributed by atoms with van der Waals surface area (Å²) in [4.78, 5) is 0. The van der Waals surface area contributed by atoms with Gasteiger partial charge in [-0.2, -0.15) is 0 Å². The molecule has 0 aliphatic heterocycles. The molecule has 0 aliphatic rings. The van der Waals surface area contributed by atoms with Crippen molar-refractivity contribution in [1.82, 2.24) is 0 Å². The fourth-order valence-corrected chi connectivity index (χ4v) is 2.22. The van der Waals surface area contributed by atoms with Crippen LogP contribution < -0.4 is 14.8 Å². The maximum Gasteiger partial charge on any atom is 0.137 e. The molecule has 0 aromatic heterocycles. The van der Waals surface area contributed by atoms with Crippen molar-refractivity contribution in [3.63, 3.8) is 0 Å². The molecule has 112 valence electrons. The molecule has 0 saturated heterocycles. The van der Waals surface area contributed by atoms with E-state index in [1.807, 2.05) is 42.5 Å². The van der Waals surface area contributed by atoms with E-state index in [0.29, 0.717) is 17.3 Å². The van der Waals surface area contributed by atoms with Gasteiger partial charge in [-0.3, -0.25) is 0 Å². The molecule has 2 aromatic carbocycles. The molecule has 0 atom stereocenters. The summed E-state index contributed by atoms with van der Waals surface area (Å²) in [6.07, 6.45) is 1.00. The van der Waals surface area contributed by atoms with E-state index in [9.17, 15) is 0 Å². The van der Waals surface area contributed by atoms with Gasteiger partial charge in [0, 0.05) is 18.3 Å². The Bertz CT molecular complexity index is 587. The van der Waals surface area contributed by atoms with Gasteiger partial charge in [-0.15, -0.1) is 0 Å². The van der Waals surface area contributed by atoms with E-state index in [1.165, 1.54) is 0 Å². The number of anilines is 1. The number of hydrogen-bond donors (Lipinski definition) is 1. The summed E-state index contributed by atoms with van der Waals surface area (Å²) in [5.41, 5.74) is 2.12. The van der Waals surface area contributed by atoms with Crippen LogP contribution in [0.3, 0.4) is 0 Å². The second kappa shape index (κ2) is 7.79. The molecule has 0 radical (unpaired) electrons. The molecule has 21 heavy (non-hydrogen) atoms. The van der Waals surface area contributed by atoms with Crippen LogP contribution in [0.15, 0.2) is 42.5 Å². The molecule has 2 aromatic rings. The SMILES string of the molecule is CCCOc1cccc(NCc2ccc(OC)c(Cl)c2)c1. The first-order chi connectivity index (χ1) is 10.2. The Morgan fingerprint density at radius 2 is 2.00 bits per heavy atom. The van der Waals surface area contributed by atoms with Crippen molar-refractivity contribution >= 4 is 17.3 Å². The Morgan fingerprint density at radius 3 is 2.71 bits per heavy atom. The fourth-order valence-electron chi connectivity index (χ4n) is 1.94. The molecule has 0 spiro atoms. The van der Waals surface area contributed by atoms with Crippen molar-refractivity contribution in [3.8, 4) is 11.5 Å². The number of ether oxygens (including phenoxy) is 2. The minimum absolute atomic E-state index is 0.622. The quantitative estimate of drug-likeness (QED) is 0.800. The van der Waals surface area contributed by atoms with Gasteiger partial charge in [0.25, 0.3) is 0 Å². The van der Waals surface area contributed by atoms with Crippen molar-refractivity contribution in [3.05, 3.63) is 53.1 Å². The van der Waals surface area contributed by atoms with Gasteiger partial charge in [0.15, 0.2) is 0 Å². The number of hydrogen-bond acceptors (Lipinski definition) is 3. The Hall–Kier alpha value is -1.87. The van der Waals surface area contributed by atoms with Crippen LogP contribution in [0.25, 0.3) is 0 Å². The topological polar surface area (TPSA) is 30.5 Å². The lowest BCUT2D eigenvalue weighted by Crippen LogP contribution is -2.01. The lowest BCUT2D eigenvalue weighted by atomic mass is 10.2. The normalized spacial score (nSPS) is 10.2. The van der Waals surface area contributed by atoms with Crippen molar-refractivity contribution in [2.24, 2.45) is 0 Å². The minimum Gasteiger partial charge on any atom is -0.495 e. The molecular formula is C17H20ClNO2. The van der Waals surface area contributed by atoms with Gasteiger partial charge in [0.2, 0.25) is 0 Å². The summed E-state index contributed by atoms with van der Waals surface area (Å²) in [5, 5.41) is 3.99. The zero-order valence-electron chi connectivity index (χ0n) is 12.4. The molecule has 3 nitrogen and oxygen atoms in total. The Kier molecular flexibility index (Phi) is 5.76. The van der Waals surface area contributed by atoms with Gasteiger partial charge in [0.1, 0.15) is 11.5 Å². The van der Waals surface area contributed by atoms with Crippen molar-refractivity contribution in [1.29, 1.82) is 0 Å². The second-order valence-electron chi connectivity index (χ2n) is 4.70. The molecule has 0 fully saturated rings. The first-order valence-corrected chi connectivity index (χ1v) is 7.40. The second-order valence-corrected chi connectivity index (χ2v) is 5.11. The smallest absolute Gasteiger partial charge is 0.137 e. The third-order valence-corrected chi connectivity index (χ3v) is 3.32. The van der Waals surface area contributed by atoms with Gasteiger partial charge in [-0.05, 0) is 36.2 Å². The first kappa shape index (κ1) is 15.5. The van der Waals surface area contributed by atoms with E-state index in [0.717, 1.165) is 30.0 Å². The molecule has 2 rings (SSSR count). The first-order valence-electron chi connectivity index (χ1n) is 7.02. The molecule has 0 saturated carbocycles. The van der Waals surface area contributed by atoms with E-state index in [1.54, 1.807) is 7.11 Å². The lowest BCUT2D eigenvalue weighted by molar-refractivity contribution is 0.317. The van der Waals surface area contributed by atoms with Gasteiger partial charge >= 0.3 is 0 Å². The van der Waals surface area contributed by atoms with Gasteiger partial charge in [-0.25, -0.2) is 0 Å². The summed E-state index contributed by atoms with van der Waals surface area (Å²) in [6, 6.07) is 13.7. The van der Waals surface area contributed by atoms with E-state index >= 15 is 0 Å². The van der Waals surface area contributed by atoms with Crippen LogP contribution in [-0.4, -0.2) is 13.7 Å². The zero-order chi connectivity index (χ0) is 15.1. The van der Waals surface area contributed by atoms with Crippen LogP contribution >= 0.6 is 11.6 Å². The van der Waals surface area contributed by atoms with E-state index in [4.69, 9.17) is 21.1 Å². The van der Waals surface area contributed by atoms with Crippen LogP contribution in [-0.2, 0) is 6.54 Å². The van der Waals surface area contributed by atoms with Crippen LogP contribution in [0.4, 0.5) is 5.69 Å². The van der Waals surface area contributed by atoms with Gasteiger partial charge < -0.3 is 14.8 Å². The highest BCUT2D eigenvalue weighted by atomic mass is 35.5. The zero-order valence-corrected chi connectivity index (χ0v) is 13.1. The Morgan fingerprint density at radius 1 is 1.14 bits per heavy atom. The number of halogens is 1. The minimum atomic E-state index is 0.622. The summed E-state index contributed by atoms with van der Waals surface area (Å²) < 4.78 is 10.8. The highest BCUT2D eigenvalue weighted by molar-refractivity contribution is 6.32. The van der Waals surface area contributed by atoms with Crippen molar-refractivity contribution in [2.45, 2.75) is 19.9 Å². The highest BCUT2D eigenvalue weighted by Crippen LogP contribution is 2.25. The van der Waals surface area contributed by atoms with E-state index < -0.39 is 0 Å². The summed E-state index contributed by atoms with van der Waals surface area (Å²) >= 11 is 6.12. The molecule has 0 aliphatic carbocycles. The predicted octanol–water partition coefficient (Wildman–Crippen LogP) is 4.75. The van der Waals surface area contributed by atoms with Crippen LogP contribution in [0.1, 0.15) is 18.9 Å². The van der Waals surface area contributed by atoms with Crippen LogP contribution in [0.2, 0.25) is 5.02 Å². The average Bonchev–Trinajstić information content (AvgIpc) is 2.51. The molecule has 0 unspecified atom stereocenters. The summed E-state index contributed by atoms with van der Waals surface area (Å²) in [7, 11) is 1.61. The van der Waals surface area contributed by atoms with Crippen LogP contribution in [0, 0.1) is 0 Å². The maximum atomic E-state index is 6.12. The highest BCUT2D eigenvalue weighted by Gasteiger charge is 2.02. The Balaban J connectivity index is 1.97. The number of rotatable bonds is 7. The van der Waals surface area contributed by atoms with Gasteiger partial charge in [-0.1, -0.05) is 30.7 Å². The third kappa shape index (κ3) is 4.57. The largest absolute Gasteiger partial charge is 0.495 e. The molecule has 0 amide bonds. The number of methoxy groups -OCH3 is 1. The molecule has 4 heteroatoms. The summed E-state index contributed by atoms with van der Waals surface area (Å²) in [6.45, 7) is 3.52. The van der Waals surface area contributed by atoms with E-state index in [-0.39, 0.29) is 0 Å². The predicted molar refractivity (Wildman–Crippen MR) is 87.6 cm³/mol. The van der Waals surface area contributed by atoms with Gasteiger partial charge in [0.05, 0.1) is 18.7 Å². The van der Waals surface area contributed by atoms with Crippen LogP contribution in [0.5, 0.6) is 11.5 Å². The lowest BCUT2D eigenvalue weighted by Gasteiger charge is -2.10. The van der Waals surface area contributed by atoms with Crippen molar-refractivity contribution in [2.75, 3.05) is 19.0 Å². The molecular weight excluding hydrogens is 286 g/mol.